The van der Waals surface area contributed by atoms with Gasteiger partial charge in [0.15, 0.2) is 0 Å². The molecule has 0 radical (unpaired) electrons. The van der Waals surface area contributed by atoms with Gasteiger partial charge in [-0.2, -0.15) is 0 Å². The predicted molar refractivity (Wildman–Crippen MR) is 20.9 cm³/mol. The van der Waals surface area contributed by atoms with E-state index in [0.717, 1.165) is 12.3 Å². The topological polar surface area (TPSA) is 71.9 Å². The van der Waals surface area contributed by atoms with E-state index in [0.29, 0.717) is 0 Å². The Kier molecular flexibility index (Phi) is 11.0. The summed E-state index contributed by atoms with van der Waals surface area (Å²) in [5.41, 5.74) is 0. The smallest absolute Gasteiger partial charge is 0.859 e. The van der Waals surface area contributed by atoms with Gasteiger partial charge in [0.2, 0.25) is 0 Å². The van der Waals surface area contributed by atoms with E-state index in [1.807, 2.05) is 0 Å². The van der Waals surface area contributed by atoms with Crippen molar-refractivity contribution in [1.29, 1.82) is 0 Å². The van der Waals surface area contributed by atoms with E-state index in [4.69, 9.17) is 0 Å². The van der Waals surface area contributed by atoms with Crippen LogP contribution in [0.3, 0.4) is 0 Å². The molecule has 0 aliphatic rings. The van der Waals surface area contributed by atoms with Crippen LogP contribution in [0.5, 0.6) is 11.9 Å². The third kappa shape index (κ3) is 5.58. The molecule has 1 aromatic rings. The van der Waals surface area contributed by atoms with Crippen molar-refractivity contribution in [1.82, 2.24) is 9.97 Å². The molecule has 0 atom stereocenters. The number of nitrogens with zero attached hydrogens (tertiary/aromatic N) is 2. The predicted octanol–water partition coefficient (Wildman–Crippen LogP) is -7.37. The van der Waals surface area contributed by atoms with Crippen molar-refractivity contribution in [3.8, 4) is 11.9 Å². The molecular formula is C4H2K2N2O2. The van der Waals surface area contributed by atoms with Crippen molar-refractivity contribution in [2.24, 2.45) is 0 Å². The Balaban J connectivity index is 0. The first-order valence-corrected chi connectivity index (χ1v) is 1.96. The fraction of sp³-hybridized carbons (Fsp3) is 0. The minimum absolute atomic E-state index is 0. The Morgan fingerprint density at radius 3 is 2.10 bits per heavy atom. The van der Waals surface area contributed by atoms with E-state index in [-0.39, 0.29) is 103 Å². The maximum atomic E-state index is 10.1. The van der Waals surface area contributed by atoms with Gasteiger partial charge in [0, 0.05) is 6.20 Å². The van der Waals surface area contributed by atoms with E-state index in [1.54, 1.807) is 0 Å². The van der Waals surface area contributed by atoms with Crippen LogP contribution in [0.1, 0.15) is 0 Å². The Morgan fingerprint density at radius 1 is 1.20 bits per heavy atom. The van der Waals surface area contributed by atoms with Gasteiger partial charge >= 0.3 is 103 Å². The molecule has 0 saturated carbocycles. The minimum atomic E-state index is -0.725. The van der Waals surface area contributed by atoms with Crippen LogP contribution >= 0.6 is 0 Å². The summed E-state index contributed by atoms with van der Waals surface area (Å²) in [4.78, 5) is 6.12. The van der Waals surface area contributed by atoms with Gasteiger partial charge in [0.25, 0.3) is 0 Å². The van der Waals surface area contributed by atoms with E-state index in [1.165, 1.54) is 0 Å². The molecule has 1 aromatic heterocycles. The van der Waals surface area contributed by atoms with Crippen LogP contribution in [0.15, 0.2) is 12.3 Å². The Labute approximate surface area is 143 Å². The largest absolute Gasteiger partial charge is 1.00 e. The van der Waals surface area contributed by atoms with Crippen LogP contribution < -0.4 is 113 Å². The Morgan fingerprint density at radius 2 is 1.80 bits per heavy atom. The number of rotatable bonds is 0. The van der Waals surface area contributed by atoms with Crippen LogP contribution in [-0.4, -0.2) is 9.97 Å². The van der Waals surface area contributed by atoms with Crippen molar-refractivity contribution in [3.63, 3.8) is 0 Å². The quantitative estimate of drug-likeness (QED) is 0.379. The molecule has 1 rings (SSSR count). The maximum Gasteiger partial charge on any atom is 1.00 e. The van der Waals surface area contributed by atoms with Crippen LogP contribution in [0.25, 0.3) is 0 Å². The molecular weight excluding hydrogens is 186 g/mol. The molecule has 0 unspecified atom stereocenters. The summed E-state index contributed by atoms with van der Waals surface area (Å²) < 4.78 is 0. The summed E-state index contributed by atoms with van der Waals surface area (Å²) in [6.07, 6.45) is 1.14. The fourth-order valence-electron chi connectivity index (χ4n) is 0.325. The molecule has 0 bridgehead atoms. The van der Waals surface area contributed by atoms with Gasteiger partial charge in [-0.05, 0) is 11.9 Å². The van der Waals surface area contributed by atoms with Gasteiger partial charge in [-0.25, -0.2) is 0 Å². The van der Waals surface area contributed by atoms with Crippen molar-refractivity contribution < 1.29 is 113 Å². The molecule has 0 saturated heterocycles. The molecule has 10 heavy (non-hydrogen) atoms. The summed E-state index contributed by atoms with van der Waals surface area (Å²) in [6.45, 7) is 0. The molecule has 4 nitrogen and oxygen atoms in total. The molecule has 0 amide bonds. The van der Waals surface area contributed by atoms with Gasteiger partial charge < -0.3 is 10.2 Å². The molecule has 0 aromatic carbocycles. The zero-order valence-corrected chi connectivity index (χ0v) is 12.1. The average molecular weight is 188 g/mol. The average Bonchev–Trinajstić information content (AvgIpc) is 1.64. The molecule has 6 heteroatoms. The second kappa shape index (κ2) is 7.59. The molecule has 0 spiro atoms. The number of aromatic nitrogens is 2. The van der Waals surface area contributed by atoms with Crippen molar-refractivity contribution >= 4 is 0 Å². The van der Waals surface area contributed by atoms with Gasteiger partial charge in [-0.15, -0.1) is 0 Å². The van der Waals surface area contributed by atoms with E-state index < -0.39 is 11.9 Å². The molecule has 0 aliphatic heterocycles. The summed E-state index contributed by atoms with van der Waals surface area (Å²) >= 11 is 0. The number of hydrogen-bond acceptors (Lipinski definition) is 4. The van der Waals surface area contributed by atoms with E-state index in [2.05, 4.69) is 9.97 Å². The summed E-state index contributed by atoms with van der Waals surface area (Å²) in [6, 6.07) is 0.402. The maximum absolute atomic E-state index is 10.1. The Bertz CT molecular complexity index is 179. The van der Waals surface area contributed by atoms with Gasteiger partial charge in [0.1, 0.15) is 0 Å². The van der Waals surface area contributed by atoms with Crippen molar-refractivity contribution in [2.75, 3.05) is 0 Å². The summed E-state index contributed by atoms with van der Waals surface area (Å²) in [5, 5.41) is 20.2. The SMILES string of the molecule is [K+].[K+].[O-]c1ccnc([O-])n1. The Hall–Kier alpha value is 1.95. The fourth-order valence-corrected chi connectivity index (χ4v) is 0.325. The molecule has 0 fully saturated rings. The first-order valence-electron chi connectivity index (χ1n) is 1.96. The van der Waals surface area contributed by atoms with Gasteiger partial charge in [-0.1, -0.05) is 0 Å². The molecule has 1 heterocycles. The zero-order chi connectivity index (χ0) is 5.98. The van der Waals surface area contributed by atoms with Crippen LogP contribution in [0.2, 0.25) is 0 Å². The zero-order valence-electron chi connectivity index (χ0n) is 5.87. The van der Waals surface area contributed by atoms with Crippen LogP contribution in [0.4, 0.5) is 0 Å². The second-order valence-electron chi connectivity index (χ2n) is 1.18. The van der Waals surface area contributed by atoms with E-state index >= 15 is 0 Å². The van der Waals surface area contributed by atoms with Gasteiger partial charge in [0.05, 0.1) is 6.01 Å². The molecule has 0 N–H and O–H groups in total. The summed E-state index contributed by atoms with van der Waals surface area (Å²) in [7, 11) is 0. The van der Waals surface area contributed by atoms with Crippen molar-refractivity contribution in [2.45, 2.75) is 0 Å². The normalized spacial score (nSPS) is 7.20. The van der Waals surface area contributed by atoms with E-state index in [9.17, 15) is 10.2 Å². The first kappa shape index (κ1) is 14.5. The molecule has 42 valence electrons. The summed E-state index contributed by atoms with van der Waals surface area (Å²) in [5.74, 6) is -0.537. The van der Waals surface area contributed by atoms with Crippen molar-refractivity contribution in [3.05, 3.63) is 12.3 Å². The number of hydrogen-bond donors (Lipinski definition) is 0. The first-order chi connectivity index (χ1) is 3.79. The van der Waals surface area contributed by atoms with Crippen LogP contribution in [0, 0.1) is 0 Å². The molecule has 0 aliphatic carbocycles. The monoisotopic (exact) mass is 188 g/mol. The second-order valence-corrected chi connectivity index (χ2v) is 1.18. The van der Waals surface area contributed by atoms with Gasteiger partial charge in [-0.3, -0.25) is 9.97 Å². The standard InChI is InChI=1S/C4H4N2O2.2K/c7-3-1-2-5-4(8)6-3;;/h1-2H,(H2,5,6,7,8);;/q;2*+1/p-2. The van der Waals surface area contributed by atoms with Crippen LogP contribution in [-0.2, 0) is 0 Å². The minimum Gasteiger partial charge on any atom is -0.859 e. The third-order valence-corrected chi connectivity index (χ3v) is 0.608. The third-order valence-electron chi connectivity index (χ3n) is 0.608.